The summed E-state index contributed by atoms with van der Waals surface area (Å²) in [5.41, 5.74) is -1.76. The van der Waals surface area contributed by atoms with Crippen molar-refractivity contribution in [2.24, 2.45) is 5.41 Å². The number of halogens is 2. The number of carbonyl (C=O) groups is 1. The van der Waals surface area contributed by atoms with Crippen LogP contribution in [0.5, 0.6) is 0 Å². The molecule has 0 aliphatic heterocycles. The standard InChI is InChI=1S/C10H17F2NO/c1-4-9(2,3)8(14)13-10(5-6-10)7(11)12/h7H,4-6H2,1-3H3,(H,13,14). The summed E-state index contributed by atoms with van der Waals surface area (Å²) in [5, 5.41) is 2.47. The van der Waals surface area contributed by atoms with Crippen molar-refractivity contribution in [3.63, 3.8) is 0 Å². The van der Waals surface area contributed by atoms with Gasteiger partial charge in [-0.1, -0.05) is 20.8 Å². The molecule has 1 rings (SSSR count). The molecule has 82 valence electrons. The molecule has 0 spiro atoms. The van der Waals surface area contributed by atoms with Gasteiger partial charge in [0.25, 0.3) is 6.43 Å². The van der Waals surface area contributed by atoms with Crippen LogP contribution in [0.2, 0.25) is 0 Å². The zero-order valence-electron chi connectivity index (χ0n) is 8.86. The maximum atomic E-state index is 12.5. The average molecular weight is 205 g/mol. The van der Waals surface area contributed by atoms with Gasteiger partial charge in [-0.2, -0.15) is 0 Å². The highest BCUT2D eigenvalue weighted by Crippen LogP contribution is 2.41. The zero-order chi connectivity index (χ0) is 11.0. The lowest BCUT2D eigenvalue weighted by Gasteiger charge is -2.25. The Labute approximate surface area is 83.1 Å². The van der Waals surface area contributed by atoms with Gasteiger partial charge >= 0.3 is 0 Å². The van der Waals surface area contributed by atoms with Gasteiger partial charge in [-0.05, 0) is 19.3 Å². The van der Waals surface area contributed by atoms with E-state index in [1.165, 1.54) is 0 Å². The molecule has 1 aliphatic carbocycles. The van der Waals surface area contributed by atoms with Crippen molar-refractivity contribution in [2.45, 2.75) is 52.0 Å². The smallest absolute Gasteiger partial charge is 0.261 e. The van der Waals surface area contributed by atoms with Gasteiger partial charge in [0.2, 0.25) is 5.91 Å². The number of rotatable bonds is 4. The Balaban J connectivity index is 2.58. The Kier molecular flexibility index (Phi) is 2.83. The fraction of sp³-hybridized carbons (Fsp3) is 0.900. The van der Waals surface area contributed by atoms with Crippen molar-refractivity contribution in [1.82, 2.24) is 5.32 Å². The molecule has 0 aromatic carbocycles. The fourth-order valence-electron chi connectivity index (χ4n) is 1.09. The summed E-state index contributed by atoms with van der Waals surface area (Å²) in [6.07, 6.45) is -0.996. The highest BCUT2D eigenvalue weighted by atomic mass is 19.3. The highest BCUT2D eigenvalue weighted by Gasteiger charge is 2.53. The number of hydrogen-bond acceptors (Lipinski definition) is 1. The molecule has 1 saturated carbocycles. The van der Waals surface area contributed by atoms with E-state index in [-0.39, 0.29) is 5.91 Å². The van der Waals surface area contributed by atoms with Crippen LogP contribution in [-0.2, 0) is 4.79 Å². The second-order valence-corrected chi connectivity index (χ2v) is 4.65. The van der Waals surface area contributed by atoms with Gasteiger partial charge in [0, 0.05) is 5.41 Å². The first kappa shape index (κ1) is 11.4. The van der Waals surface area contributed by atoms with E-state index in [0.717, 1.165) is 0 Å². The zero-order valence-corrected chi connectivity index (χ0v) is 8.86. The van der Waals surface area contributed by atoms with E-state index >= 15 is 0 Å². The van der Waals surface area contributed by atoms with Gasteiger partial charge in [0.1, 0.15) is 5.54 Å². The fourth-order valence-corrected chi connectivity index (χ4v) is 1.09. The van der Waals surface area contributed by atoms with E-state index < -0.39 is 17.4 Å². The molecule has 1 fully saturated rings. The van der Waals surface area contributed by atoms with Crippen molar-refractivity contribution >= 4 is 5.91 Å². The van der Waals surface area contributed by atoms with Crippen molar-refractivity contribution < 1.29 is 13.6 Å². The molecule has 0 radical (unpaired) electrons. The van der Waals surface area contributed by atoms with Crippen molar-refractivity contribution in [2.75, 3.05) is 0 Å². The van der Waals surface area contributed by atoms with Gasteiger partial charge in [-0.3, -0.25) is 4.79 Å². The van der Waals surface area contributed by atoms with E-state index in [1.54, 1.807) is 13.8 Å². The number of nitrogens with one attached hydrogen (secondary N) is 1. The third-order valence-corrected chi connectivity index (χ3v) is 3.07. The van der Waals surface area contributed by atoms with Crippen LogP contribution >= 0.6 is 0 Å². The van der Waals surface area contributed by atoms with Crippen molar-refractivity contribution in [3.05, 3.63) is 0 Å². The summed E-state index contributed by atoms with van der Waals surface area (Å²) < 4.78 is 25.0. The largest absolute Gasteiger partial charge is 0.344 e. The molecule has 0 bridgehead atoms. The normalized spacial score (nSPS) is 19.6. The van der Waals surface area contributed by atoms with E-state index in [1.807, 2.05) is 6.92 Å². The van der Waals surface area contributed by atoms with E-state index in [0.29, 0.717) is 19.3 Å². The summed E-state index contributed by atoms with van der Waals surface area (Å²) in [6.45, 7) is 5.41. The number of alkyl halides is 2. The number of hydrogen-bond donors (Lipinski definition) is 1. The van der Waals surface area contributed by atoms with Gasteiger partial charge in [0.15, 0.2) is 0 Å². The van der Waals surface area contributed by atoms with Crippen molar-refractivity contribution in [3.8, 4) is 0 Å². The maximum absolute atomic E-state index is 12.5. The molecular formula is C10H17F2NO. The lowest BCUT2D eigenvalue weighted by atomic mass is 9.89. The molecule has 2 nitrogen and oxygen atoms in total. The van der Waals surface area contributed by atoms with Crippen LogP contribution in [0.15, 0.2) is 0 Å². The monoisotopic (exact) mass is 205 g/mol. The van der Waals surface area contributed by atoms with Crippen LogP contribution in [0.3, 0.4) is 0 Å². The average Bonchev–Trinajstić information content (AvgIpc) is 2.85. The summed E-state index contributed by atoms with van der Waals surface area (Å²) in [5.74, 6) is -0.266. The Morgan fingerprint density at radius 2 is 2.00 bits per heavy atom. The summed E-state index contributed by atoms with van der Waals surface area (Å²) in [4.78, 5) is 11.6. The van der Waals surface area contributed by atoms with Crippen molar-refractivity contribution in [1.29, 1.82) is 0 Å². The molecular weight excluding hydrogens is 188 g/mol. The molecule has 1 N–H and O–H groups in total. The summed E-state index contributed by atoms with van der Waals surface area (Å²) >= 11 is 0. The third kappa shape index (κ3) is 2.04. The van der Waals surface area contributed by atoms with Gasteiger partial charge in [-0.15, -0.1) is 0 Å². The first-order valence-electron chi connectivity index (χ1n) is 4.95. The quantitative estimate of drug-likeness (QED) is 0.749. The minimum atomic E-state index is -2.45. The molecule has 0 aromatic heterocycles. The van der Waals surface area contributed by atoms with E-state index in [2.05, 4.69) is 5.32 Å². The van der Waals surface area contributed by atoms with Gasteiger partial charge in [-0.25, -0.2) is 8.78 Å². The first-order valence-corrected chi connectivity index (χ1v) is 4.95. The molecule has 0 aromatic rings. The topological polar surface area (TPSA) is 29.1 Å². The Hall–Kier alpha value is -0.670. The summed E-state index contributed by atoms with van der Waals surface area (Å²) in [7, 11) is 0. The predicted molar refractivity (Wildman–Crippen MR) is 50.2 cm³/mol. The van der Waals surface area contributed by atoms with Crippen LogP contribution in [-0.4, -0.2) is 17.9 Å². The number of amides is 1. The van der Waals surface area contributed by atoms with Crippen LogP contribution in [0.25, 0.3) is 0 Å². The summed E-state index contributed by atoms with van der Waals surface area (Å²) in [6, 6.07) is 0. The second-order valence-electron chi connectivity index (χ2n) is 4.65. The van der Waals surface area contributed by atoms with Crippen LogP contribution in [0.1, 0.15) is 40.0 Å². The maximum Gasteiger partial charge on any atom is 0.261 e. The molecule has 0 atom stereocenters. The molecule has 4 heteroatoms. The lowest BCUT2D eigenvalue weighted by Crippen LogP contribution is -2.47. The van der Waals surface area contributed by atoms with Gasteiger partial charge < -0.3 is 5.32 Å². The molecule has 1 amide bonds. The molecule has 0 heterocycles. The molecule has 0 saturated heterocycles. The molecule has 0 unspecified atom stereocenters. The Morgan fingerprint density at radius 1 is 1.50 bits per heavy atom. The Bertz CT molecular complexity index is 234. The van der Waals surface area contributed by atoms with E-state index in [9.17, 15) is 13.6 Å². The number of carbonyl (C=O) groups excluding carboxylic acids is 1. The van der Waals surface area contributed by atoms with E-state index in [4.69, 9.17) is 0 Å². The SMILES string of the molecule is CCC(C)(C)C(=O)NC1(C(F)F)CC1. The minimum Gasteiger partial charge on any atom is -0.344 e. The van der Waals surface area contributed by atoms with Gasteiger partial charge in [0.05, 0.1) is 0 Å². The van der Waals surface area contributed by atoms with Crippen LogP contribution < -0.4 is 5.32 Å². The van der Waals surface area contributed by atoms with Crippen LogP contribution in [0.4, 0.5) is 8.78 Å². The third-order valence-electron chi connectivity index (χ3n) is 3.07. The Morgan fingerprint density at radius 3 is 2.29 bits per heavy atom. The molecule has 1 aliphatic rings. The second kappa shape index (κ2) is 3.48. The predicted octanol–water partition coefficient (Wildman–Crippen LogP) is 2.34. The minimum absolute atomic E-state index is 0.266. The first-order chi connectivity index (χ1) is 6.34. The lowest BCUT2D eigenvalue weighted by molar-refractivity contribution is -0.132. The van der Waals surface area contributed by atoms with Crippen LogP contribution in [0, 0.1) is 5.41 Å². The highest BCUT2D eigenvalue weighted by molar-refractivity contribution is 5.82. The molecule has 14 heavy (non-hydrogen) atoms.